The molecule has 0 spiro atoms. The van der Waals surface area contributed by atoms with Crippen LogP contribution in [0.15, 0.2) is 67.0 Å². The van der Waals surface area contributed by atoms with Crippen LogP contribution in [0.2, 0.25) is 0 Å². The predicted molar refractivity (Wildman–Crippen MR) is 122 cm³/mol. The third-order valence-electron chi connectivity index (χ3n) is 4.67. The first-order chi connectivity index (χ1) is 16.9. The highest BCUT2D eigenvalue weighted by atomic mass is 19.3. The smallest absolute Gasteiger partial charge is 0.387 e. The van der Waals surface area contributed by atoms with E-state index >= 15 is 0 Å². The summed E-state index contributed by atoms with van der Waals surface area (Å²) in [6, 6.07) is 13.8. The largest absolute Gasteiger partial charge is 0.493 e. The molecule has 9 nitrogen and oxygen atoms in total. The van der Waals surface area contributed by atoms with Gasteiger partial charge in [0.05, 0.1) is 13.7 Å². The number of pyridine rings is 1. The summed E-state index contributed by atoms with van der Waals surface area (Å²) in [5.74, 6) is -1.59. The molecule has 1 heterocycles. The van der Waals surface area contributed by atoms with E-state index in [0.29, 0.717) is 11.3 Å². The summed E-state index contributed by atoms with van der Waals surface area (Å²) >= 11 is 0. The molecule has 0 atom stereocenters. The summed E-state index contributed by atoms with van der Waals surface area (Å²) in [7, 11) is 1.25. The molecule has 0 unspecified atom stereocenters. The fourth-order valence-corrected chi connectivity index (χ4v) is 2.99. The summed E-state index contributed by atoms with van der Waals surface area (Å²) in [6.07, 6.45) is 3.04. The zero-order valence-corrected chi connectivity index (χ0v) is 18.6. The number of ether oxygens (including phenoxy) is 2. The molecule has 0 aliphatic heterocycles. The van der Waals surface area contributed by atoms with Crippen molar-refractivity contribution in [2.45, 2.75) is 13.2 Å². The van der Waals surface area contributed by atoms with Gasteiger partial charge >= 0.3 is 6.61 Å². The van der Waals surface area contributed by atoms with Crippen molar-refractivity contribution in [3.63, 3.8) is 0 Å². The Kier molecular flexibility index (Phi) is 8.65. The molecule has 0 aliphatic carbocycles. The number of halogens is 2. The second-order valence-electron chi connectivity index (χ2n) is 7.09. The van der Waals surface area contributed by atoms with Gasteiger partial charge in [0.1, 0.15) is 0 Å². The first-order valence-electron chi connectivity index (χ1n) is 10.3. The fourth-order valence-electron chi connectivity index (χ4n) is 2.99. The molecule has 3 aromatic rings. The highest BCUT2D eigenvalue weighted by Gasteiger charge is 2.15. The van der Waals surface area contributed by atoms with Crippen LogP contribution in [-0.2, 0) is 11.3 Å². The number of anilines is 1. The van der Waals surface area contributed by atoms with Crippen LogP contribution < -0.4 is 25.4 Å². The van der Waals surface area contributed by atoms with Crippen molar-refractivity contribution >= 4 is 23.4 Å². The second kappa shape index (κ2) is 12.1. The van der Waals surface area contributed by atoms with E-state index in [4.69, 9.17) is 4.74 Å². The number of carbonyl (C=O) groups is 3. The van der Waals surface area contributed by atoms with E-state index in [1.807, 2.05) is 0 Å². The number of rotatable bonds is 10. The van der Waals surface area contributed by atoms with Crippen LogP contribution in [0.1, 0.15) is 26.3 Å². The number of aromatic nitrogens is 1. The zero-order chi connectivity index (χ0) is 25.2. The van der Waals surface area contributed by atoms with Crippen LogP contribution in [0.25, 0.3) is 0 Å². The van der Waals surface area contributed by atoms with Crippen LogP contribution in [0, 0.1) is 0 Å². The number of alkyl halides is 2. The molecule has 0 aliphatic rings. The molecular formula is C24H22F2N4O5. The van der Waals surface area contributed by atoms with Gasteiger partial charge in [0.2, 0.25) is 5.91 Å². The Bertz CT molecular complexity index is 1190. The van der Waals surface area contributed by atoms with Gasteiger partial charge in [0, 0.05) is 35.8 Å². The van der Waals surface area contributed by atoms with E-state index in [-0.39, 0.29) is 36.1 Å². The highest BCUT2D eigenvalue weighted by molar-refractivity contribution is 6.04. The number of nitrogens with one attached hydrogen (secondary N) is 3. The Morgan fingerprint density at radius 2 is 1.69 bits per heavy atom. The van der Waals surface area contributed by atoms with Gasteiger partial charge in [-0.05, 0) is 48.0 Å². The fraction of sp³-hybridized carbons (Fsp3) is 0.167. The summed E-state index contributed by atoms with van der Waals surface area (Å²) < 4.78 is 34.1. The average Bonchev–Trinajstić information content (AvgIpc) is 2.86. The molecule has 35 heavy (non-hydrogen) atoms. The highest BCUT2D eigenvalue weighted by Crippen LogP contribution is 2.29. The number of nitrogens with zero attached hydrogens (tertiary/aromatic N) is 1. The molecule has 0 radical (unpaired) electrons. The lowest BCUT2D eigenvalue weighted by molar-refractivity contribution is -0.120. The molecule has 0 fully saturated rings. The number of benzene rings is 2. The maximum atomic E-state index is 12.4. The van der Waals surface area contributed by atoms with Crippen molar-refractivity contribution in [1.82, 2.24) is 15.6 Å². The van der Waals surface area contributed by atoms with E-state index in [2.05, 4.69) is 25.7 Å². The topological polar surface area (TPSA) is 119 Å². The van der Waals surface area contributed by atoms with Crippen LogP contribution in [0.3, 0.4) is 0 Å². The minimum absolute atomic E-state index is 0.0432. The SMILES string of the molecule is COc1cc(C(=O)NCC(=O)NCc2cccc(NC(=O)c3ccncc3)c2)ccc1OC(F)F. The average molecular weight is 484 g/mol. The van der Waals surface area contributed by atoms with Gasteiger partial charge in [-0.2, -0.15) is 8.78 Å². The van der Waals surface area contributed by atoms with Gasteiger partial charge in [-0.3, -0.25) is 19.4 Å². The summed E-state index contributed by atoms with van der Waals surface area (Å²) in [5, 5.41) is 7.88. The van der Waals surface area contributed by atoms with Crippen molar-refractivity contribution < 1.29 is 32.6 Å². The minimum atomic E-state index is -3.04. The molecule has 0 saturated carbocycles. The van der Waals surface area contributed by atoms with Gasteiger partial charge < -0.3 is 25.4 Å². The monoisotopic (exact) mass is 484 g/mol. The maximum Gasteiger partial charge on any atom is 0.387 e. The Morgan fingerprint density at radius 3 is 2.40 bits per heavy atom. The van der Waals surface area contributed by atoms with E-state index < -0.39 is 18.4 Å². The quantitative estimate of drug-likeness (QED) is 0.407. The Balaban J connectivity index is 1.49. The van der Waals surface area contributed by atoms with Gasteiger partial charge in [-0.1, -0.05) is 12.1 Å². The second-order valence-corrected chi connectivity index (χ2v) is 7.09. The lowest BCUT2D eigenvalue weighted by Crippen LogP contribution is -2.36. The first kappa shape index (κ1) is 25.1. The third kappa shape index (κ3) is 7.49. The molecule has 3 rings (SSSR count). The van der Waals surface area contributed by atoms with Crippen molar-refractivity contribution in [2.24, 2.45) is 0 Å². The molecule has 2 aromatic carbocycles. The molecule has 11 heteroatoms. The molecule has 0 saturated heterocycles. The van der Waals surface area contributed by atoms with Gasteiger partial charge in [0.25, 0.3) is 11.8 Å². The van der Waals surface area contributed by atoms with E-state index in [9.17, 15) is 23.2 Å². The first-order valence-corrected chi connectivity index (χ1v) is 10.3. The van der Waals surface area contributed by atoms with Crippen LogP contribution >= 0.6 is 0 Å². The van der Waals surface area contributed by atoms with Crippen LogP contribution in [0.5, 0.6) is 11.5 Å². The van der Waals surface area contributed by atoms with Crippen molar-refractivity contribution in [2.75, 3.05) is 19.0 Å². The van der Waals surface area contributed by atoms with Crippen molar-refractivity contribution in [3.8, 4) is 11.5 Å². The van der Waals surface area contributed by atoms with E-state index in [1.165, 1.54) is 37.7 Å². The van der Waals surface area contributed by atoms with Gasteiger partial charge in [-0.25, -0.2) is 0 Å². The molecule has 0 bridgehead atoms. The van der Waals surface area contributed by atoms with Crippen molar-refractivity contribution in [3.05, 3.63) is 83.7 Å². The normalized spacial score (nSPS) is 10.4. The summed E-state index contributed by atoms with van der Waals surface area (Å²) in [4.78, 5) is 40.6. The number of amides is 3. The minimum Gasteiger partial charge on any atom is -0.493 e. The molecule has 3 amide bonds. The van der Waals surface area contributed by atoms with Crippen LogP contribution in [-0.4, -0.2) is 43.0 Å². The predicted octanol–water partition coefficient (Wildman–Crippen LogP) is 2.99. The number of hydrogen-bond acceptors (Lipinski definition) is 6. The molecule has 182 valence electrons. The molecular weight excluding hydrogens is 462 g/mol. The Hall–Kier alpha value is -4.54. The Morgan fingerprint density at radius 1 is 0.914 bits per heavy atom. The lowest BCUT2D eigenvalue weighted by Gasteiger charge is -2.12. The number of methoxy groups -OCH3 is 1. The standard InChI is InChI=1S/C24H22F2N4O5/c1-34-20-12-17(5-6-19(20)35-24(25)26)22(32)29-14-21(31)28-13-15-3-2-4-18(11-15)30-23(33)16-7-9-27-10-8-16/h2-12,24H,13-14H2,1H3,(H,28,31)(H,29,32)(H,30,33). The van der Waals surface area contributed by atoms with E-state index in [1.54, 1.807) is 36.4 Å². The zero-order valence-electron chi connectivity index (χ0n) is 18.6. The third-order valence-corrected chi connectivity index (χ3v) is 4.67. The summed E-state index contributed by atoms with van der Waals surface area (Å²) in [5.41, 5.74) is 1.86. The summed E-state index contributed by atoms with van der Waals surface area (Å²) in [6.45, 7) is -3.18. The van der Waals surface area contributed by atoms with E-state index in [0.717, 1.165) is 5.56 Å². The van der Waals surface area contributed by atoms with Crippen molar-refractivity contribution in [1.29, 1.82) is 0 Å². The molecule has 1 aromatic heterocycles. The maximum absolute atomic E-state index is 12.4. The Labute approximate surface area is 199 Å². The van der Waals surface area contributed by atoms with Crippen LogP contribution in [0.4, 0.5) is 14.5 Å². The molecule has 3 N–H and O–H groups in total. The van der Waals surface area contributed by atoms with Gasteiger partial charge in [-0.15, -0.1) is 0 Å². The van der Waals surface area contributed by atoms with Gasteiger partial charge in [0.15, 0.2) is 11.5 Å². The number of carbonyl (C=O) groups excluding carboxylic acids is 3. The number of hydrogen-bond donors (Lipinski definition) is 3. The lowest BCUT2D eigenvalue weighted by atomic mass is 10.2.